The molecule has 0 spiro atoms. The number of imidazole rings is 1. The molecule has 230 valence electrons. The molecule has 0 aliphatic carbocycles. The van der Waals surface area contributed by atoms with E-state index < -0.39 is 47.9 Å². The number of hydrogen-bond acceptors (Lipinski definition) is 8. The summed E-state index contributed by atoms with van der Waals surface area (Å²) in [5, 5.41) is 27.4. The lowest BCUT2D eigenvalue weighted by atomic mass is 10.0. The molecule has 43 heavy (non-hydrogen) atoms. The highest BCUT2D eigenvalue weighted by Gasteiger charge is 2.31. The summed E-state index contributed by atoms with van der Waals surface area (Å²) in [5.74, 6) is -3.13. The number of amides is 3. The van der Waals surface area contributed by atoms with E-state index in [1.807, 2.05) is 0 Å². The fourth-order valence-electron chi connectivity index (χ4n) is 4.42. The molecule has 0 saturated carbocycles. The first-order chi connectivity index (χ1) is 20.7. The maximum atomic E-state index is 13.6. The monoisotopic (exact) mass is 593 g/mol. The second-order valence-electron chi connectivity index (χ2n) is 10.3. The van der Waals surface area contributed by atoms with E-state index in [4.69, 9.17) is 11.5 Å². The Bertz CT molecular complexity index is 1320. The molecule has 0 aliphatic rings. The number of hydrogen-bond donors (Lipinski definition) is 8. The number of nitrogens with one attached hydrogen (secondary N) is 4. The van der Waals surface area contributed by atoms with E-state index in [1.54, 1.807) is 42.5 Å². The molecule has 0 fully saturated rings. The van der Waals surface area contributed by atoms with Crippen LogP contribution in [-0.2, 0) is 38.4 Å². The average molecular weight is 594 g/mol. The summed E-state index contributed by atoms with van der Waals surface area (Å²) in [4.78, 5) is 58.8. The highest BCUT2D eigenvalue weighted by atomic mass is 16.4. The highest BCUT2D eigenvalue weighted by Crippen LogP contribution is 2.13. The minimum Gasteiger partial charge on any atom is -0.508 e. The molecule has 3 amide bonds. The summed E-state index contributed by atoms with van der Waals surface area (Å²) in [5.41, 5.74) is 13.5. The molecule has 0 aliphatic heterocycles. The molecule has 0 bridgehead atoms. The first-order valence-corrected chi connectivity index (χ1v) is 14.0. The number of carboxylic acids is 1. The van der Waals surface area contributed by atoms with Gasteiger partial charge in [0, 0.05) is 31.2 Å². The Morgan fingerprint density at radius 2 is 1.37 bits per heavy atom. The molecule has 0 radical (unpaired) electrons. The summed E-state index contributed by atoms with van der Waals surface area (Å²) < 4.78 is 0. The Morgan fingerprint density at radius 1 is 0.791 bits per heavy atom. The van der Waals surface area contributed by atoms with Gasteiger partial charge in [-0.1, -0.05) is 48.9 Å². The fourth-order valence-corrected chi connectivity index (χ4v) is 4.42. The van der Waals surface area contributed by atoms with Crippen LogP contribution < -0.4 is 27.4 Å². The second kappa shape index (κ2) is 16.6. The van der Waals surface area contributed by atoms with E-state index in [0.717, 1.165) is 0 Å². The molecule has 0 saturated heterocycles. The number of phenolic OH excluding ortho intramolecular Hbond substituents is 1. The van der Waals surface area contributed by atoms with Crippen molar-refractivity contribution in [2.24, 2.45) is 11.5 Å². The zero-order valence-electron chi connectivity index (χ0n) is 23.7. The lowest BCUT2D eigenvalue weighted by molar-refractivity contribution is -0.142. The van der Waals surface area contributed by atoms with Crippen LogP contribution >= 0.6 is 0 Å². The van der Waals surface area contributed by atoms with Crippen molar-refractivity contribution in [1.29, 1.82) is 0 Å². The zero-order valence-corrected chi connectivity index (χ0v) is 23.7. The summed E-state index contributed by atoms with van der Waals surface area (Å²) >= 11 is 0. The van der Waals surface area contributed by atoms with Crippen LogP contribution in [0.3, 0.4) is 0 Å². The predicted molar refractivity (Wildman–Crippen MR) is 159 cm³/mol. The van der Waals surface area contributed by atoms with E-state index in [9.17, 15) is 29.4 Å². The SMILES string of the molecule is NCCCCC(N)C(=O)NC(Cc1ccc(O)cc1)C(=O)NC(Cc1cnc[nH]1)C(=O)NC(Cc1ccccc1)C(=O)O. The Hall–Kier alpha value is -4.75. The maximum absolute atomic E-state index is 13.6. The van der Waals surface area contributed by atoms with Crippen LogP contribution in [0, 0.1) is 0 Å². The van der Waals surface area contributed by atoms with Gasteiger partial charge < -0.3 is 42.6 Å². The highest BCUT2D eigenvalue weighted by molar-refractivity contribution is 5.94. The molecule has 13 nitrogen and oxygen atoms in total. The summed E-state index contributed by atoms with van der Waals surface area (Å²) in [6.07, 6.45) is 4.67. The Kier molecular flexibility index (Phi) is 12.7. The van der Waals surface area contributed by atoms with E-state index in [0.29, 0.717) is 42.6 Å². The average Bonchev–Trinajstić information content (AvgIpc) is 3.51. The van der Waals surface area contributed by atoms with E-state index >= 15 is 0 Å². The molecule has 13 heteroatoms. The van der Waals surface area contributed by atoms with Gasteiger partial charge >= 0.3 is 5.97 Å². The summed E-state index contributed by atoms with van der Waals surface area (Å²) in [6.45, 7) is 0.466. The number of carboxylic acid groups (broad SMARTS) is 1. The number of rotatable bonds is 17. The van der Waals surface area contributed by atoms with Crippen molar-refractivity contribution in [2.75, 3.05) is 6.54 Å². The number of aliphatic carboxylic acids is 1. The lowest BCUT2D eigenvalue weighted by Crippen LogP contribution is -2.58. The number of aromatic nitrogens is 2. The van der Waals surface area contributed by atoms with Gasteiger partial charge in [0.1, 0.15) is 23.9 Å². The fraction of sp³-hybridized carbons (Fsp3) is 0.367. The van der Waals surface area contributed by atoms with Crippen molar-refractivity contribution in [3.63, 3.8) is 0 Å². The van der Waals surface area contributed by atoms with Gasteiger partial charge in [0.25, 0.3) is 0 Å². The van der Waals surface area contributed by atoms with Crippen LogP contribution in [0.4, 0.5) is 0 Å². The van der Waals surface area contributed by atoms with Crippen LogP contribution in [0.25, 0.3) is 0 Å². The summed E-state index contributed by atoms with van der Waals surface area (Å²) in [7, 11) is 0. The lowest BCUT2D eigenvalue weighted by Gasteiger charge is -2.25. The quantitative estimate of drug-likeness (QED) is 0.0995. The first kappa shape index (κ1) is 32.8. The smallest absolute Gasteiger partial charge is 0.326 e. The van der Waals surface area contributed by atoms with Crippen LogP contribution in [0.5, 0.6) is 5.75 Å². The van der Waals surface area contributed by atoms with Gasteiger partial charge in [0.15, 0.2) is 0 Å². The van der Waals surface area contributed by atoms with E-state index in [1.165, 1.54) is 24.7 Å². The molecule has 3 rings (SSSR count). The number of carbonyl (C=O) groups excluding carboxylic acids is 3. The van der Waals surface area contributed by atoms with Crippen molar-refractivity contribution in [3.8, 4) is 5.75 Å². The van der Waals surface area contributed by atoms with Gasteiger partial charge in [-0.2, -0.15) is 0 Å². The van der Waals surface area contributed by atoms with Crippen LogP contribution in [0.15, 0.2) is 67.1 Å². The first-order valence-electron chi connectivity index (χ1n) is 14.0. The second-order valence-corrected chi connectivity index (χ2v) is 10.3. The number of carbonyl (C=O) groups is 4. The van der Waals surface area contributed by atoms with E-state index in [-0.39, 0.29) is 25.0 Å². The standard InChI is InChI=1S/C30H39N7O6/c31-13-5-4-8-23(32)27(39)35-24(14-20-9-11-22(38)12-10-20)28(40)36-25(16-21-17-33-18-34-21)29(41)37-26(30(42)43)15-19-6-2-1-3-7-19/h1-3,6-7,9-12,17-18,23-26,38H,4-5,8,13-16,31-32H2,(H,33,34)(H,35,39)(H,36,40)(H,37,41)(H,42,43). The minimum absolute atomic E-state index is 0.0201. The van der Waals surface area contributed by atoms with Gasteiger partial charge in [-0.25, -0.2) is 9.78 Å². The van der Waals surface area contributed by atoms with Crippen molar-refractivity contribution in [2.45, 2.75) is 62.7 Å². The van der Waals surface area contributed by atoms with Crippen LogP contribution in [0.2, 0.25) is 0 Å². The molecular formula is C30H39N7O6. The minimum atomic E-state index is -1.25. The molecule has 1 aromatic heterocycles. The third kappa shape index (κ3) is 10.9. The number of unbranched alkanes of at least 4 members (excludes halogenated alkanes) is 1. The molecule has 2 aromatic carbocycles. The molecule has 4 unspecified atom stereocenters. The third-order valence-electron chi connectivity index (χ3n) is 6.82. The van der Waals surface area contributed by atoms with Gasteiger partial charge in [0.2, 0.25) is 17.7 Å². The number of phenols is 1. The maximum Gasteiger partial charge on any atom is 0.326 e. The van der Waals surface area contributed by atoms with Gasteiger partial charge in [0.05, 0.1) is 12.4 Å². The topological polar surface area (TPSA) is 226 Å². The normalized spacial score (nSPS) is 13.7. The predicted octanol–water partition coefficient (Wildman–Crippen LogP) is 0.139. The Morgan fingerprint density at radius 3 is 1.98 bits per heavy atom. The van der Waals surface area contributed by atoms with Crippen molar-refractivity contribution in [1.82, 2.24) is 25.9 Å². The number of benzene rings is 2. The third-order valence-corrected chi connectivity index (χ3v) is 6.82. The molecular weight excluding hydrogens is 554 g/mol. The van der Waals surface area contributed by atoms with Crippen molar-refractivity contribution < 1.29 is 29.4 Å². The van der Waals surface area contributed by atoms with Crippen molar-refractivity contribution >= 4 is 23.7 Å². The Balaban J connectivity index is 1.80. The number of aromatic amines is 1. The van der Waals surface area contributed by atoms with Crippen LogP contribution in [0.1, 0.15) is 36.1 Å². The molecule has 1 heterocycles. The molecule has 4 atom stereocenters. The largest absolute Gasteiger partial charge is 0.508 e. The van der Waals surface area contributed by atoms with Gasteiger partial charge in [-0.15, -0.1) is 0 Å². The molecule has 10 N–H and O–H groups in total. The zero-order chi connectivity index (χ0) is 31.2. The van der Waals surface area contributed by atoms with Crippen molar-refractivity contribution in [3.05, 3.63) is 83.9 Å². The number of aromatic hydroxyl groups is 1. The molecule has 3 aromatic rings. The summed E-state index contributed by atoms with van der Waals surface area (Å²) in [6, 6.07) is 10.5. The van der Waals surface area contributed by atoms with E-state index in [2.05, 4.69) is 25.9 Å². The van der Waals surface area contributed by atoms with Gasteiger partial charge in [-0.05, 0) is 42.6 Å². The van der Waals surface area contributed by atoms with Crippen LogP contribution in [-0.4, -0.2) is 74.6 Å². The number of nitrogens with two attached hydrogens (primary N) is 2. The number of H-pyrrole nitrogens is 1. The van der Waals surface area contributed by atoms with Gasteiger partial charge in [-0.3, -0.25) is 14.4 Å². The number of nitrogens with zero attached hydrogens (tertiary/aromatic N) is 1. The Labute approximate surface area is 249 Å².